The van der Waals surface area contributed by atoms with Crippen molar-refractivity contribution in [2.24, 2.45) is 5.92 Å². The zero-order valence-corrected chi connectivity index (χ0v) is 14.0. The summed E-state index contributed by atoms with van der Waals surface area (Å²) in [5.41, 5.74) is 0. The molecule has 2 rings (SSSR count). The number of nitrogens with one attached hydrogen (secondary N) is 1. The lowest BCUT2D eigenvalue weighted by Crippen LogP contribution is -2.24. The number of hydrogen-bond acceptors (Lipinski definition) is 3. The average molecular weight is 292 g/mol. The molecule has 1 aliphatic rings. The maximum absolute atomic E-state index is 5.95. The van der Waals surface area contributed by atoms with Gasteiger partial charge in [0.25, 0.3) is 0 Å². The number of rotatable bonds is 7. The van der Waals surface area contributed by atoms with Crippen LogP contribution in [0.1, 0.15) is 64.4 Å². The molecule has 0 aromatic carbocycles. The quantitative estimate of drug-likeness (QED) is 0.817. The zero-order valence-electron chi connectivity index (χ0n) is 14.0. The van der Waals surface area contributed by atoms with Crippen LogP contribution >= 0.6 is 0 Å². The molecule has 0 bridgehead atoms. The van der Waals surface area contributed by atoms with E-state index in [1.807, 2.05) is 0 Å². The van der Waals surface area contributed by atoms with Crippen molar-refractivity contribution < 1.29 is 4.42 Å². The van der Waals surface area contributed by atoms with E-state index in [-0.39, 0.29) is 0 Å². The zero-order chi connectivity index (χ0) is 15.1. The average Bonchev–Trinajstić information content (AvgIpc) is 2.78. The van der Waals surface area contributed by atoms with Gasteiger partial charge in [0.05, 0.1) is 13.1 Å². The number of furan rings is 1. The Balaban J connectivity index is 1.78. The molecular weight excluding hydrogens is 260 g/mol. The minimum absolute atomic E-state index is 0.500. The summed E-state index contributed by atoms with van der Waals surface area (Å²) in [6, 6.07) is 4.76. The van der Waals surface area contributed by atoms with Crippen LogP contribution in [0.15, 0.2) is 16.5 Å². The van der Waals surface area contributed by atoms with Crippen molar-refractivity contribution in [3.05, 3.63) is 23.7 Å². The summed E-state index contributed by atoms with van der Waals surface area (Å²) in [5, 5.41) is 3.40. The molecule has 1 fully saturated rings. The van der Waals surface area contributed by atoms with Crippen LogP contribution in [0.4, 0.5) is 0 Å². The number of hydrogen-bond donors (Lipinski definition) is 1. The summed E-state index contributed by atoms with van der Waals surface area (Å²) in [6.07, 6.45) is 6.84. The van der Waals surface area contributed by atoms with E-state index in [4.69, 9.17) is 4.42 Å². The van der Waals surface area contributed by atoms with Gasteiger partial charge in [0.1, 0.15) is 11.5 Å². The van der Waals surface area contributed by atoms with Gasteiger partial charge in [0.15, 0.2) is 0 Å². The summed E-state index contributed by atoms with van der Waals surface area (Å²) in [6.45, 7) is 10.9. The maximum atomic E-state index is 5.95. The van der Waals surface area contributed by atoms with Gasteiger partial charge in [-0.2, -0.15) is 0 Å². The van der Waals surface area contributed by atoms with E-state index in [2.05, 4.69) is 43.1 Å². The van der Waals surface area contributed by atoms with E-state index < -0.39 is 0 Å². The molecule has 0 radical (unpaired) electrons. The highest BCUT2D eigenvalue weighted by Crippen LogP contribution is 2.23. The summed E-state index contributed by atoms with van der Waals surface area (Å²) >= 11 is 0. The molecule has 1 atom stereocenters. The van der Waals surface area contributed by atoms with Crippen LogP contribution in [0.3, 0.4) is 0 Å². The van der Waals surface area contributed by atoms with Crippen LogP contribution in [0.2, 0.25) is 0 Å². The first kappa shape index (κ1) is 16.6. The van der Waals surface area contributed by atoms with E-state index in [9.17, 15) is 0 Å². The molecule has 120 valence electrons. The van der Waals surface area contributed by atoms with Crippen LogP contribution in [-0.4, -0.2) is 24.0 Å². The summed E-state index contributed by atoms with van der Waals surface area (Å²) in [7, 11) is 0. The monoisotopic (exact) mass is 292 g/mol. The molecule has 2 heterocycles. The Kier molecular flexibility index (Phi) is 6.78. The molecule has 1 aromatic heterocycles. The molecule has 3 heteroatoms. The van der Waals surface area contributed by atoms with Crippen molar-refractivity contribution in [2.45, 2.75) is 72.0 Å². The highest BCUT2D eigenvalue weighted by atomic mass is 16.3. The maximum Gasteiger partial charge on any atom is 0.118 e. The van der Waals surface area contributed by atoms with E-state index in [1.165, 1.54) is 45.2 Å². The highest BCUT2D eigenvalue weighted by Gasteiger charge is 2.17. The predicted molar refractivity (Wildman–Crippen MR) is 88.2 cm³/mol. The lowest BCUT2D eigenvalue weighted by Gasteiger charge is -2.18. The summed E-state index contributed by atoms with van der Waals surface area (Å²) in [5.74, 6) is 3.12. The van der Waals surface area contributed by atoms with E-state index in [0.29, 0.717) is 6.04 Å². The lowest BCUT2D eigenvalue weighted by molar-refractivity contribution is 0.245. The first-order chi connectivity index (χ1) is 10.2. The predicted octanol–water partition coefficient (Wildman–Crippen LogP) is 4.18. The third-order valence-electron chi connectivity index (χ3n) is 4.42. The van der Waals surface area contributed by atoms with Gasteiger partial charge in [-0.3, -0.25) is 4.90 Å². The Morgan fingerprint density at radius 1 is 1.24 bits per heavy atom. The third-order valence-corrected chi connectivity index (χ3v) is 4.42. The molecule has 0 aliphatic carbocycles. The van der Waals surface area contributed by atoms with Crippen molar-refractivity contribution in [2.75, 3.05) is 13.1 Å². The number of nitrogens with zero attached hydrogens (tertiary/aromatic N) is 1. The minimum atomic E-state index is 0.500. The van der Waals surface area contributed by atoms with Gasteiger partial charge in [-0.25, -0.2) is 0 Å². The third kappa shape index (κ3) is 5.84. The van der Waals surface area contributed by atoms with Crippen LogP contribution in [0.5, 0.6) is 0 Å². The fraction of sp³-hybridized carbons (Fsp3) is 0.778. The van der Waals surface area contributed by atoms with Crippen LogP contribution in [0, 0.1) is 5.92 Å². The normalized spacial score (nSPS) is 20.9. The first-order valence-electron chi connectivity index (χ1n) is 8.70. The fourth-order valence-corrected chi connectivity index (χ4v) is 3.21. The molecule has 0 amide bonds. The SMILES string of the molecule is CCCC1CCCN(Cc2ccc(CNC(C)C)o2)CC1. The second kappa shape index (κ2) is 8.60. The smallest absolute Gasteiger partial charge is 0.118 e. The summed E-state index contributed by atoms with van der Waals surface area (Å²) in [4.78, 5) is 2.56. The molecule has 1 aliphatic heterocycles. The highest BCUT2D eigenvalue weighted by molar-refractivity contribution is 5.07. The van der Waals surface area contributed by atoms with Crippen molar-refractivity contribution in [3.63, 3.8) is 0 Å². The van der Waals surface area contributed by atoms with Gasteiger partial charge in [-0.1, -0.05) is 33.6 Å². The first-order valence-corrected chi connectivity index (χ1v) is 8.70. The number of likely N-dealkylation sites (tertiary alicyclic amines) is 1. The second-order valence-electron chi connectivity index (χ2n) is 6.77. The molecular formula is C18H32N2O. The van der Waals surface area contributed by atoms with E-state index in [0.717, 1.165) is 30.5 Å². The molecule has 1 N–H and O–H groups in total. The minimum Gasteiger partial charge on any atom is -0.463 e. The molecule has 0 saturated carbocycles. The van der Waals surface area contributed by atoms with Gasteiger partial charge in [-0.05, 0) is 50.4 Å². The van der Waals surface area contributed by atoms with Crippen LogP contribution in [-0.2, 0) is 13.1 Å². The second-order valence-corrected chi connectivity index (χ2v) is 6.77. The Morgan fingerprint density at radius 2 is 2.05 bits per heavy atom. The van der Waals surface area contributed by atoms with E-state index in [1.54, 1.807) is 0 Å². The van der Waals surface area contributed by atoms with Crippen LogP contribution in [0.25, 0.3) is 0 Å². The van der Waals surface area contributed by atoms with Gasteiger partial charge in [0.2, 0.25) is 0 Å². The topological polar surface area (TPSA) is 28.4 Å². The lowest BCUT2D eigenvalue weighted by atomic mass is 9.96. The van der Waals surface area contributed by atoms with Crippen LogP contribution < -0.4 is 5.32 Å². The van der Waals surface area contributed by atoms with Gasteiger partial charge in [0, 0.05) is 6.04 Å². The standard InChI is InChI=1S/C18H32N2O/c1-4-6-16-7-5-11-20(12-10-16)14-18-9-8-17(21-18)13-19-15(2)3/h8-9,15-16,19H,4-7,10-14H2,1-3H3. The molecule has 21 heavy (non-hydrogen) atoms. The largest absolute Gasteiger partial charge is 0.463 e. The van der Waals surface area contributed by atoms with Crippen molar-refractivity contribution >= 4 is 0 Å². The van der Waals surface area contributed by atoms with Crippen molar-refractivity contribution in [1.29, 1.82) is 0 Å². The Bertz CT molecular complexity index is 400. The van der Waals surface area contributed by atoms with Crippen molar-refractivity contribution in [1.82, 2.24) is 10.2 Å². The molecule has 1 unspecified atom stereocenters. The van der Waals surface area contributed by atoms with Gasteiger partial charge < -0.3 is 9.73 Å². The van der Waals surface area contributed by atoms with Gasteiger partial charge >= 0.3 is 0 Å². The Morgan fingerprint density at radius 3 is 2.81 bits per heavy atom. The van der Waals surface area contributed by atoms with Crippen molar-refractivity contribution in [3.8, 4) is 0 Å². The molecule has 1 aromatic rings. The fourth-order valence-electron chi connectivity index (χ4n) is 3.21. The Hall–Kier alpha value is -0.800. The molecule has 3 nitrogen and oxygen atoms in total. The molecule has 1 saturated heterocycles. The Labute approximate surface area is 130 Å². The van der Waals surface area contributed by atoms with Gasteiger partial charge in [-0.15, -0.1) is 0 Å². The molecule has 0 spiro atoms. The summed E-state index contributed by atoms with van der Waals surface area (Å²) < 4.78 is 5.95. The van der Waals surface area contributed by atoms with E-state index >= 15 is 0 Å².